The van der Waals surface area contributed by atoms with Gasteiger partial charge in [0.05, 0.1) is 31.9 Å². The number of fused-ring (bicyclic) bond motifs is 4. The molecule has 262 valence electrons. The first-order valence-electron chi connectivity index (χ1n) is 18.4. The number of hydrogen-bond donors (Lipinski definition) is 1. The Bertz CT molecular complexity index is 1380. The average molecular weight is 658 g/mol. The van der Waals surface area contributed by atoms with Gasteiger partial charge in [0.2, 0.25) is 5.91 Å². The highest BCUT2D eigenvalue weighted by Gasteiger charge is 2.80. The number of primary amides is 1. The Morgan fingerprint density at radius 1 is 1.02 bits per heavy atom. The van der Waals surface area contributed by atoms with E-state index < -0.39 is 11.6 Å². The fourth-order valence-electron chi connectivity index (χ4n) is 13.2. The van der Waals surface area contributed by atoms with Crippen LogP contribution in [-0.4, -0.2) is 73.7 Å². The van der Waals surface area contributed by atoms with Crippen molar-refractivity contribution >= 4 is 5.91 Å². The van der Waals surface area contributed by atoms with E-state index in [-0.39, 0.29) is 44.0 Å². The van der Waals surface area contributed by atoms with Gasteiger partial charge in [-0.15, -0.1) is 0 Å². The van der Waals surface area contributed by atoms with E-state index in [1.807, 2.05) is 7.05 Å². The van der Waals surface area contributed by atoms with Gasteiger partial charge in [0.15, 0.2) is 6.29 Å². The van der Waals surface area contributed by atoms with Gasteiger partial charge >= 0.3 is 0 Å². The molecule has 1 aromatic carbocycles. The first-order chi connectivity index (χ1) is 22.3. The summed E-state index contributed by atoms with van der Waals surface area (Å²) in [4.78, 5) is 15.7. The molecule has 2 spiro atoms. The predicted octanol–water partition coefficient (Wildman–Crippen LogP) is 6.34. The van der Waals surface area contributed by atoms with Crippen molar-refractivity contribution in [1.29, 1.82) is 0 Å². The average Bonchev–Trinajstić information content (AvgIpc) is 3.57. The number of carbonyl (C=O) groups excluding carboxylic acids is 1. The molecule has 2 N–H and O–H groups in total. The van der Waals surface area contributed by atoms with Crippen LogP contribution in [0.4, 0.5) is 8.78 Å². The third-order valence-electron chi connectivity index (χ3n) is 15.2. The van der Waals surface area contributed by atoms with Gasteiger partial charge in [0.25, 0.3) is 0 Å². The summed E-state index contributed by atoms with van der Waals surface area (Å²) >= 11 is 0. The molecule has 0 radical (unpaired) electrons. The molecule has 5 aliphatic carbocycles. The van der Waals surface area contributed by atoms with Crippen molar-refractivity contribution in [3.63, 3.8) is 0 Å². The van der Waals surface area contributed by atoms with Crippen LogP contribution in [0.5, 0.6) is 0 Å². The Kier molecular flexibility index (Phi) is 7.92. The lowest BCUT2D eigenvalue weighted by atomic mass is 9.46. The number of carbonyl (C=O) groups is 1. The monoisotopic (exact) mass is 657 g/mol. The zero-order valence-electron chi connectivity index (χ0n) is 28.8. The Labute approximate surface area is 280 Å². The number of benzene rings is 1. The Morgan fingerprint density at radius 3 is 2.55 bits per heavy atom. The lowest BCUT2D eigenvalue weighted by Crippen LogP contribution is -2.56. The molecule has 7 nitrogen and oxygen atoms in total. The van der Waals surface area contributed by atoms with Gasteiger partial charge in [0.1, 0.15) is 17.9 Å². The second-order valence-corrected chi connectivity index (χ2v) is 17.6. The topological polar surface area (TPSA) is 77.3 Å². The number of amides is 1. The normalized spacial score (nSPS) is 45.3. The molecular formula is C38H57F2N3O4. The van der Waals surface area contributed by atoms with E-state index in [0.29, 0.717) is 65.8 Å². The van der Waals surface area contributed by atoms with Gasteiger partial charge in [0, 0.05) is 20.6 Å². The van der Waals surface area contributed by atoms with Gasteiger partial charge in [-0.2, -0.15) is 0 Å². The second-order valence-electron chi connectivity index (χ2n) is 17.6. The minimum absolute atomic E-state index is 0. The number of halogens is 2. The van der Waals surface area contributed by atoms with Crippen LogP contribution in [-0.2, 0) is 25.5 Å². The van der Waals surface area contributed by atoms with Crippen molar-refractivity contribution in [2.75, 3.05) is 33.3 Å². The fraction of sp³-hybridized carbons (Fsp3) is 0.816. The summed E-state index contributed by atoms with van der Waals surface area (Å²) in [7, 11) is 2.03. The van der Waals surface area contributed by atoms with E-state index in [0.717, 1.165) is 31.2 Å². The minimum Gasteiger partial charge on any atom is -0.369 e. The summed E-state index contributed by atoms with van der Waals surface area (Å²) in [5, 5.41) is 0. The third-order valence-corrected chi connectivity index (χ3v) is 15.2. The molecule has 11 atom stereocenters. The highest BCUT2D eigenvalue weighted by atomic mass is 19.1. The molecule has 2 heterocycles. The molecule has 9 heteroatoms. The second kappa shape index (κ2) is 11.4. The van der Waals surface area contributed by atoms with Crippen LogP contribution in [0.1, 0.15) is 92.0 Å². The first-order valence-corrected chi connectivity index (χ1v) is 18.4. The molecule has 1 aromatic rings. The van der Waals surface area contributed by atoms with Gasteiger partial charge in [-0.1, -0.05) is 20.8 Å². The Hall–Kier alpha value is -1.65. The lowest BCUT2D eigenvalue weighted by molar-refractivity contribution is -0.244. The molecule has 5 saturated carbocycles. The van der Waals surface area contributed by atoms with Crippen molar-refractivity contribution in [1.82, 2.24) is 9.80 Å². The summed E-state index contributed by atoms with van der Waals surface area (Å²) < 4.78 is 47.5. The summed E-state index contributed by atoms with van der Waals surface area (Å²) in [6, 6.07) is 3.80. The smallest absolute Gasteiger partial charge is 0.231 e. The molecule has 7 fully saturated rings. The number of nitrogens with zero attached hydrogens (tertiary/aromatic N) is 2. The molecule has 2 aliphatic heterocycles. The lowest BCUT2D eigenvalue weighted by Gasteiger charge is -2.60. The molecule has 0 aromatic heterocycles. The Balaban J connectivity index is 0.00000364. The molecule has 8 rings (SSSR count). The molecular weight excluding hydrogens is 600 g/mol. The number of nitrogens with two attached hydrogens (primary N) is 1. The van der Waals surface area contributed by atoms with Crippen LogP contribution in [0, 0.1) is 57.0 Å². The van der Waals surface area contributed by atoms with Crippen molar-refractivity contribution < 1.29 is 29.2 Å². The molecule has 10 unspecified atom stereocenters. The number of ether oxygens (including phenoxy) is 3. The van der Waals surface area contributed by atoms with Gasteiger partial charge in [-0.3, -0.25) is 14.6 Å². The van der Waals surface area contributed by atoms with E-state index in [2.05, 4.69) is 30.6 Å². The number of morpholine rings is 1. The van der Waals surface area contributed by atoms with Crippen molar-refractivity contribution in [2.45, 2.75) is 116 Å². The van der Waals surface area contributed by atoms with Gasteiger partial charge in [-0.05, 0) is 134 Å². The minimum atomic E-state index is -0.525. The third kappa shape index (κ3) is 5.14. The van der Waals surface area contributed by atoms with E-state index in [1.165, 1.54) is 57.1 Å². The largest absolute Gasteiger partial charge is 0.369 e. The molecule has 47 heavy (non-hydrogen) atoms. The summed E-state index contributed by atoms with van der Waals surface area (Å²) in [6.45, 7) is 10.1. The van der Waals surface area contributed by atoms with Crippen LogP contribution < -0.4 is 5.73 Å². The van der Waals surface area contributed by atoms with Crippen LogP contribution in [0.3, 0.4) is 0 Å². The van der Waals surface area contributed by atoms with E-state index >= 15 is 0 Å². The zero-order chi connectivity index (χ0) is 32.9. The van der Waals surface area contributed by atoms with Gasteiger partial charge in [-0.25, -0.2) is 8.78 Å². The van der Waals surface area contributed by atoms with Crippen molar-refractivity contribution in [3.05, 3.63) is 35.4 Å². The van der Waals surface area contributed by atoms with E-state index in [4.69, 9.17) is 19.9 Å². The summed E-state index contributed by atoms with van der Waals surface area (Å²) in [5.74, 6) is 1.38. The highest BCUT2D eigenvalue weighted by Crippen LogP contribution is 2.87. The maximum absolute atomic E-state index is 13.9. The van der Waals surface area contributed by atoms with Crippen LogP contribution in [0.25, 0.3) is 0 Å². The zero-order valence-corrected chi connectivity index (χ0v) is 28.8. The maximum atomic E-state index is 13.9. The quantitative estimate of drug-likeness (QED) is 0.369. The van der Waals surface area contributed by atoms with E-state index in [1.54, 1.807) is 0 Å². The predicted molar refractivity (Wildman–Crippen MR) is 176 cm³/mol. The summed E-state index contributed by atoms with van der Waals surface area (Å²) in [6.07, 6.45) is 12.4. The number of hydrogen-bond acceptors (Lipinski definition) is 6. The summed E-state index contributed by atoms with van der Waals surface area (Å²) in [5.41, 5.74) is 7.43. The number of rotatable bonds is 7. The molecule has 0 bridgehead atoms. The SMILES string of the molecule is CN(Cc1cc(F)cc(F)c1)C1CCC2C(CC3C4CCC5C(C)(C)[C@@H](OC6CN(CC(N)=O)CCO6)CCC56CC46CCC23C)O1.[HH]. The molecule has 7 aliphatic rings. The van der Waals surface area contributed by atoms with Crippen molar-refractivity contribution in [2.24, 2.45) is 51.1 Å². The fourth-order valence-corrected chi connectivity index (χ4v) is 13.2. The molecule has 1 amide bonds. The maximum Gasteiger partial charge on any atom is 0.231 e. The van der Waals surface area contributed by atoms with E-state index in [9.17, 15) is 13.6 Å². The highest BCUT2D eigenvalue weighted by molar-refractivity contribution is 5.75. The standard InChI is InChI=1S/C38H55F2N3O4.H2/c1-35(2)30-7-5-26-28-18-29-27(6-8-33(46-29)42(4)19-23-15-24(39)17-25(40)16-23)36(28,3)11-12-37(26)22-38(30,37)10-9-31(35)47-34-21-43(13-14-45-34)20-32(41)44;/h15-17,26-31,33-34H,5-14,18-22H2,1-4H3,(H2,41,44);1H/t26?,27?,28?,29?,30?,31-,33?,34?,36?,37?,38?;/m0./s1. The first kappa shape index (κ1) is 32.5. The van der Waals surface area contributed by atoms with Crippen LogP contribution in [0.2, 0.25) is 0 Å². The van der Waals surface area contributed by atoms with Gasteiger partial charge < -0.3 is 19.9 Å². The van der Waals surface area contributed by atoms with Crippen molar-refractivity contribution in [3.8, 4) is 0 Å². The Morgan fingerprint density at radius 2 is 1.79 bits per heavy atom. The molecule has 2 saturated heterocycles. The van der Waals surface area contributed by atoms with Crippen LogP contribution in [0.15, 0.2) is 18.2 Å². The van der Waals surface area contributed by atoms with Crippen LogP contribution >= 0.6 is 0 Å².